The smallest absolute Gasteiger partial charge is 0.193 e. The average Bonchev–Trinajstić information content (AvgIpc) is 3.32. The number of piperazine rings is 1. The van der Waals surface area contributed by atoms with Gasteiger partial charge in [-0.1, -0.05) is 42.5 Å². The number of nitrogens with zero attached hydrogens (tertiary/aromatic N) is 4. The van der Waals surface area contributed by atoms with E-state index in [1.807, 2.05) is 19.2 Å². The third-order valence-corrected chi connectivity index (χ3v) is 6.70. The summed E-state index contributed by atoms with van der Waals surface area (Å²) in [5.74, 6) is 2.67. The zero-order valence-electron chi connectivity index (χ0n) is 19.5. The van der Waals surface area contributed by atoms with Crippen molar-refractivity contribution in [2.45, 2.75) is 12.8 Å². The second-order valence-electron chi connectivity index (χ2n) is 8.76. The van der Waals surface area contributed by atoms with Gasteiger partial charge in [0.15, 0.2) is 5.96 Å². The molecule has 32 heavy (non-hydrogen) atoms. The number of benzene rings is 2. The molecular weight excluding hydrogens is 398 g/mol. The van der Waals surface area contributed by atoms with Crippen LogP contribution in [0.1, 0.15) is 12.0 Å². The lowest BCUT2D eigenvalue weighted by Crippen LogP contribution is -2.53. The molecule has 2 aliphatic rings. The van der Waals surface area contributed by atoms with Crippen LogP contribution in [0.2, 0.25) is 0 Å². The highest BCUT2D eigenvalue weighted by Crippen LogP contribution is 2.28. The zero-order chi connectivity index (χ0) is 22.2. The Morgan fingerprint density at radius 1 is 1.00 bits per heavy atom. The summed E-state index contributed by atoms with van der Waals surface area (Å²) in [5, 5.41) is 3.66. The molecule has 2 aliphatic heterocycles. The number of para-hydroxylation sites is 2. The number of methoxy groups -OCH3 is 1. The van der Waals surface area contributed by atoms with E-state index in [9.17, 15) is 0 Å². The standard InChI is InChI=1S/C26H37N5O/c1-27-26(31-18-16-30(17-19-31)24-10-6-7-11-25(24)32-2)28-20-23-13-15-29(21-23)14-12-22-8-4-3-5-9-22/h3-11,23H,12-21H2,1-2H3,(H,27,28). The Kier molecular flexibility index (Phi) is 7.88. The van der Waals surface area contributed by atoms with Crippen LogP contribution in [0.25, 0.3) is 0 Å². The van der Waals surface area contributed by atoms with Crippen molar-refractivity contribution in [1.82, 2.24) is 15.1 Å². The largest absolute Gasteiger partial charge is 0.495 e. The Morgan fingerprint density at radius 2 is 1.75 bits per heavy atom. The lowest BCUT2D eigenvalue weighted by molar-refractivity contribution is 0.325. The van der Waals surface area contributed by atoms with Gasteiger partial charge in [0.2, 0.25) is 0 Å². The maximum Gasteiger partial charge on any atom is 0.193 e. The van der Waals surface area contributed by atoms with Crippen molar-refractivity contribution in [3.05, 3.63) is 60.2 Å². The maximum atomic E-state index is 5.55. The number of ether oxygens (including phenoxy) is 1. The van der Waals surface area contributed by atoms with Gasteiger partial charge in [0.1, 0.15) is 5.75 Å². The summed E-state index contributed by atoms with van der Waals surface area (Å²) >= 11 is 0. The van der Waals surface area contributed by atoms with Crippen molar-refractivity contribution < 1.29 is 4.74 Å². The molecule has 1 N–H and O–H groups in total. The van der Waals surface area contributed by atoms with Gasteiger partial charge >= 0.3 is 0 Å². The van der Waals surface area contributed by atoms with Crippen molar-refractivity contribution in [2.24, 2.45) is 10.9 Å². The Bertz CT molecular complexity index is 864. The van der Waals surface area contributed by atoms with Crippen LogP contribution >= 0.6 is 0 Å². The molecule has 2 aromatic carbocycles. The summed E-state index contributed by atoms with van der Waals surface area (Å²) in [6.07, 6.45) is 2.40. The molecule has 1 unspecified atom stereocenters. The van der Waals surface area contributed by atoms with Gasteiger partial charge in [-0.05, 0) is 43.0 Å². The molecule has 2 aromatic rings. The molecule has 0 radical (unpaired) electrons. The zero-order valence-corrected chi connectivity index (χ0v) is 19.5. The molecule has 0 aliphatic carbocycles. The number of anilines is 1. The van der Waals surface area contributed by atoms with E-state index >= 15 is 0 Å². The minimum atomic E-state index is 0.692. The molecule has 1 atom stereocenters. The van der Waals surface area contributed by atoms with Crippen LogP contribution in [0.15, 0.2) is 59.6 Å². The number of aliphatic imine (C=N–C) groups is 1. The third kappa shape index (κ3) is 5.74. The molecule has 0 amide bonds. The van der Waals surface area contributed by atoms with Crippen LogP contribution in [-0.4, -0.2) is 82.3 Å². The molecule has 0 saturated carbocycles. The predicted octanol–water partition coefficient (Wildman–Crippen LogP) is 2.96. The monoisotopic (exact) mass is 435 g/mol. The summed E-state index contributed by atoms with van der Waals surface area (Å²) in [6, 6.07) is 19.1. The van der Waals surface area contributed by atoms with E-state index in [0.717, 1.165) is 57.4 Å². The molecule has 0 aromatic heterocycles. The van der Waals surface area contributed by atoms with Gasteiger partial charge in [0.05, 0.1) is 12.8 Å². The maximum absolute atomic E-state index is 5.55. The molecule has 0 spiro atoms. The number of rotatable bonds is 7. The first-order chi connectivity index (χ1) is 15.8. The van der Waals surface area contributed by atoms with Crippen molar-refractivity contribution in [2.75, 3.05) is 71.4 Å². The van der Waals surface area contributed by atoms with Crippen LogP contribution in [0, 0.1) is 5.92 Å². The lowest BCUT2D eigenvalue weighted by atomic mass is 10.1. The highest BCUT2D eigenvalue weighted by atomic mass is 16.5. The van der Waals surface area contributed by atoms with E-state index in [2.05, 4.69) is 67.5 Å². The second kappa shape index (κ2) is 11.2. The van der Waals surface area contributed by atoms with Gasteiger partial charge in [-0.3, -0.25) is 4.99 Å². The first kappa shape index (κ1) is 22.5. The van der Waals surface area contributed by atoms with E-state index in [4.69, 9.17) is 4.74 Å². The molecule has 6 nitrogen and oxygen atoms in total. The highest BCUT2D eigenvalue weighted by molar-refractivity contribution is 5.80. The molecule has 2 saturated heterocycles. The van der Waals surface area contributed by atoms with Crippen molar-refractivity contribution in [3.8, 4) is 5.75 Å². The summed E-state index contributed by atoms with van der Waals surface area (Å²) in [4.78, 5) is 12.0. The van der Waals surface area contributed by atoms with Crippen LogP contribution in [-0.2, 0) is 6.42 Å². The predicted molar refractivity (Wildman–Crippen MR) is 133 cm³/mol. The van der Waals surface area contributed by atoms with Gasteiger partial charge in [-0.25, -0.2) is 0 Å². The fraction of sp³-hybridized carbons (Fsp3) is 0.500. The quantitative estimate of drug-likeness (QED) is 0.535. The molecule has 2 fully saturated rings. The van der Waals surface area contributed by atoms with Crippen LogP contribution in [0.4, 0.5) is 5.69 Å². The molecule has 4 rings (SSSR count). The van der Waals surface area contributed by atoms with E-state index < -0.39 is 0 Å². The van der Waals surface area contributed by atoms with Gasteiger partial charge in [-0.15, -0.1) is 0 Å². The van der Waals surface area contributed by atoms with Crippen LogP contribution < -0.4 is 15.0 Å². The Labute approximate surface area is 192 Å². The Morgan fingerprint density at radius 3 is 2.50 bits per heavy atom. The Hall–Kier alpha value is -2.73. The first-order valence-corrected chi connectivity index (χ1v) is 11.9. The van der Waals surface area contributed by atoms with Gasteiger partial charge in [0.25, 0.3) is 0 Å². The minimum Gasteiger partial charge on any atom is -0.495 e. The summed E-state index contributed by atoms with van der Waals surface area (Å²) < 4.78 is 5.55. The number of hydrogen-bond acceptors (Lipinski definition) is 4. The Balaban J connectivity index is 1.20. The third-order valence-electron chi connectivity index (χ3n) is 6.70. The van der Waals surface area contributed by atoms with E-state index in [-0.39, 0.29) is 0 Å². The molecule has 172 valence electrons. The summed E-state index contributed by atoms with van der Waals surface area (Å²) in [7, 11) is 3.64. The second-order valence-corrected chi connectivity index (χ2v) is 8.76. The van der Waals surface area contributed by atoms with Crippen molar-refractivity contribution in [3.63, 3.8) is 0 Å². The van der Waals surface area contributed by atoms with Crippen molar-refractivity contribution >= 4 is 11.6 Å². The highest BCUT2D eigenvalue weighted by Gasteiger charge is 2.25. The average molecular weight is 436 g/mol. The fourth-order valence-electron chi connectivity index (χ4n) is 4.83. The number of likely N-dealkylation sites (tertiary alicyclic amines) is 1. The molecule has 2 heterocycles. The van der Waals surface area contributed by atoms with Gasteiger partial charge in [-0.2, -0.15) is 0 Å². The molecular formula is C26H37N5O. The minimum absolute atomic E-state index is 0.692. The van der Waals surface area contributed by atoms with E-state index in [1.54, 1.807) is 7.11 Å². The first-order valence-electron chi connectivity index (χ1n) is 11.9. The number of hydrogen-bond donors (Lipinski definition) is 1. The van der Waals surface area contributed by atoms with Crippen LogP contribution in [0.3, 0.4) is 0 Å². The van der Waals surface area contributed by atoms with E-state index in [1.165, 1.54) is 30.8 Å². The van der Waals surface area contributed by atoms with Gasteiger partial charge in [0, 0.05) is 52.9 Å². The SMILES string of the molecule is CN=C(NCC1CCN(CCc2ccccc2)C1)N1CCN(c2ccccc2OC)CC1. The normalized spacial score (nSPS) is 19.9. The van der Waals surface area contributed by atoms with Gasteiger partial charge < -0.3 is 24.8 Å². The molecule has 0 bridgehead atoms. The van der Waals surface area contributed by atoms with Crippen LogP contribution in [0.5, 0.6) is 5.75 Å². The van der Waals surface area contributed by atoms with E-state index in [0.29, 0.717) is 5.92 Å². The molecule has 6 heteroatoms. The lowest BCUT2D eigenvalue weighted by Gasteiger charge is -2.38. The summed E-state index contributed by atoms with van der Waals surface area (Å²) in [5.41, 5.74) is 2.61. The summed E-state index contributed by atoms with van der Waals surface area (Å²) in [6.45, 7) is 8.40. The van der Waals surface area contributed by atoms with Crippen molar-refractivity contribution in [1.29, 1.82) is 0 Å². The number of guanidine groups is 1. The number of nitrogens with one attached hydrogen (secondary N) is 1. The fourth-order valence-corrected chi connectivity index (χ4v) is 4.83. The topological polar surface area (TPSA) is 43.3 Å².